The predicted molar refractivity (Wildman–Crippen MR) is 113 cm³/mol. The average Bonchev–Trinajstić information content (AvgIpc) is 2.78. The van der Waals surface area contributed by atoms with Crippen LogP contribution in [0.3, 0.4) is 0 Å². The summed E-state index contributed by atoms with van der Waals surface area (Å²) in [5.74, 6) is 1.20. The van der Waals surface area contributed by atoms with E-state index < -0.39 is 10.0 Å². The normalized spacial score (nSPS) is 16.9. The van der Waals surface area contributed by atoms with Crippen LogP contribution in [0, 0.1) is 0 Å². The number of piperazine rings is 1. The first kappa shape index (κ1) is 21.0. The molecular formula is C20H21BrN2O6S. The molecule has 1 saturated heterocycles. The second-order valence-electron chi connectivity index (χ2n) is 6.85. The van der Waals surface area contributed by atoms with Gasteiger partial charge >= 0.3 is 0 Å². The number of rotatable bonds is 4. The number of methoxy groups -OCH3 is 1. The summed E-state index contributed by atoms with van der Waals surface area (Å²) >= 11 is 3.31. The van der Waals surface area contributed by atoms with Crippen molar-refractivity contribution in [1.82, 2.24) is 9.21 Å². The minimum absolute atomic E-state index is 0.203. The second-order valence-corrected chi connectivity index (χ2v) is 9.71. The fourth-order valence-corrected chi connectivity index (χ4v) is 5.15. The highest BCUT2D eigenvalue weighted by Crippen LogP contribution is 2.40. The van der Waals surface area contributed by atoms with E-state index in [0.29, 0.717) is 49.1 Å². The van der Waals surface area contributed by atoms with Gasteiger partial charge in [-0.25, -0.2) is 8.42 Å². The minimum Gasteiger partial charge on any atom is -0.493 e. The molecule has 1 fully saturated rings. The second kappa shape index (κ2) is 8.44. The summed E-state index contributed by atoms with van der Waals surface area (Å²) in [4.78, 5) is 14.9. The molecule has 160 valence electrons. The smallest absolute Gasteiger partial charge is 0.254 e. The SMILES string of the molecule is COc1cc(C(=O)N2CCN(S(=O)(=O)c3ccc(Br)cc3)CC2)cc2c1OCCO2. The van der Waals surface area contributed by atoms with E-state index in [9.17, 15) is 13.2 Å². The number of sulfonamides is 1. The molecule has 0 spiro atoms. The van der Waals surface area contributed by atoms with Crippen molar-refractivity contribution in [3.8, 4) is 17.2 Å². The molecule has 2 heterocycles. The molecule has 0 aliphatic carbocycles. The molecule has 0 N–H and O–H groups in total. The standard InChI is InChI=1S/C20H21BrN2O6S/c1-27-17-12-14(13-18-19(17)29-11-10-28-18)20(24)22-6-8-23(9-7-22)30(25,26)16-4-2-15(21)3-5-16/h2-5,12-13H,6-11H2,1H3. The molecule has 0 atom stereocenters. The first-order valence-electron chi connectivity index (χ1n) is 9.43. The van der Waals surface area contributed by atoms with Gasteiger partial charge in [-0.1, -0.05) is 15.9 Å². The van der Waals surface area contributed by atoms with Gasteiger partial charge in [0, 0.05) is 36.2 Å². The molecule has 1 amide bonds. The van der Waals surface area contributed by atoms with Crippen LogP contribution in [0.25, 0.3) is 0 Å². The molecule has 0 radical (unpaired) electrons. The van der Waals surface area contributed by atoms with Crippen molar-refractivity contribution >= 4 is 31.9 Å². The van der Waals surface area contributed by atoms with E-state index in [2.05, 4.69) is 15.9 Å². The number of ether oxygens (including phenoxy) is 3. The largest absolute Gasteiger partial charge is 0.493 e. The monoisotopic (exact) mass is 496 g/mol. The van der Waals surface area contributed by atoms with Crippen molar-refractivity contribution in [2.24, 2.45) is 0 Å². The molecule has 0 saturated carbocycles. The summed E-state index contributed by atoms with van der Waals surface area (Å²) in [5, 5.41) is 0. The Kier molecular flexibility index (Phi) is 5.90. The number of hydrogen-bond acceptors (Lipinski definition) is 6. The van der Waals surface area contributed by atoms with Crippen molar-refractivity contribution in [3.63, 3.8) is 0 Å². The first-order valence-corrected chi connectivity index (χ1v) is 11.7. The molecular weight excluding hydrogens is 476 g/mol. The maximum atomic E-state index is 13.0. The zero-order valence-electron chi connectivity index (χ0n) is 16.3. The molecule has 8 nitrogen and oxygen atoms in total. The van der Waals surface area contributed by atoms with E-state index in [4.69, 9.17) is 14.2 Å². The summed E-state index contributed by atoms with van der Waals surface area (Å²) < 4.78 is 44.4. The van der Waals surface area contributed by atoms with Crippen LogP contribution in [-0.4, -0.2) is 70.0 Å². The zero-order valence-corrected chi connectivity index (χ0v) is 18.7. The molecule has 2 aliphatic rings. The molecule has 30 heavy (non-hydrogen) atoms. The molecule has 0 bridgehead atoms. The topological polar surface area (TPSA) is 85.4 Å². The summed E-state index contributed by atoms with van der Waals surface area (Å²) in [6, 6.07) is 9.80. The quantitative estimate of drug-likeness (QED) is 0.645. The van der Waals surface area contributed by atoms with Crippen LogP contribution in [-0.2, 0) is 10.0 Å². The molecule has 10 heteroatoms. The molecule has 0 aromatic heterocycles. The van der Waals surface area contributed by atoms with Crippen LogP contribution in [0.2, 0.25) is 0 Å². The highest BCUT2D eigenvalue weighted by atomic mass is 79.9. The number of benzene rings is 2. The lowest BCUT2D eigenvalue weighted by Crippen LogP contribution is -2.50. The fourth-order valence-electron chi connectivity index (χ4n) is 3.47. The van der Waals surface area contributed by atoms with E-state index in [-0.39, 0.29) is 23.9 Å². The van der Waals surface area contributed by atoms with Crippen LogP contribution in [0.5, 0.6) is 17.2 Å². The maximum Gasteiger partial charge on any atom is 0.254 e. The molecule has 2 aromatic carbocycles. The number of carbonyl (C=O) groups excluding carboxylic acids is 1. The lowest BCUT2D eigenvalue weighted by atomic mass is 10.1. The van der Waals surface area contributed by atoms with E-state index in [1.165, 1.54) is 11.4 Å². The van der Waals surface area contributed by atoms with E-state index in [1.807, 2.05) is 0 Å². The van der Waals surface area contributed by atoms with Gasteiger partial charge < -0.3 is 19.1 Å². The van der Waals surface area contributed by atoms with Crippen molar-refractivity contribution in [2.75, 3.05) is 46.5 Å². The summed E-state index contributed by atoms with van der Waals surface area (Å²) in [6.07, 6.45) is 0. The Balaban J connectivity index is 1.48. The van der Waals surface area contributed by atoms with E-state index in [1.54, 1.807) is 41.3 Å². The Morgan fingerprint density at radius 3 is 2.37 bits per heavy atom. The zero-order chi connectivity index (χ0) is 21.3. The summed E-state index contributed by atoms with van der Waals surface area (Å²) in [7, 11) is -2.09. The number of nitrogens with zero attached hydrogens (tertiary/aromatic N) is 2. The molecule has 2 aliphatic heterocycles. The third-order valence-corrected chi connectivity index (χ3v) is 7.49. The van der Waals surface area contributed by atoms with Gasteiger partial charge in [-0.05, 0) is 36.4 Å². The van der Waals surface area contributed by atoms with Crippen LogP contribution in [0.1, 0.15) is 10.4 Å². The van der Waals surface area contributed by atoms with Crippen molar-refractivity contribution in [3.05, 3.63) is 46.4 Å². The molecule has 2 aromatic rings. The van der Waals surface area contributed by atoms with Gasteiger partial charge in [0.15, 0.2) is 11.5 Å². The number of fused-ring (bicyclic) bond motifs is 1. The van der Waals surface area contributed by atoms with Crippen molar-refractivity contribution in [2.45, 2.75) is 4.90 Å². The van der Waals surface area contributed by atoms with Gasteiger partial charge in [-0.2, -0.15) is 4.31 Å². The van der Waals surface area contributed by atoms with Gasteiger partial charge in [0.25, 0.3) is 5.91 Å². The van der Waals surface area contributed by atoms with Crippen LogP contribution < -0.4 is 14.2 Å². The Hall–Kier alpha value is -2.30. The van der Waals surface area contributed by atoms with Gasteiger partial charge in [0.2, 0.25) is 15.8 Å². The molecule has 0 unspecified atom stereocenters. The Morgan fingerprint density at radius 1 is 1.03 bits per heavy atom. The molecule has 4 rings (SSSR count). The van der Waals surface area contributed by atoms with Crippen LogP contribution in [0.4, 0.5) is 0 Å². The van der Waals surface area contributed by atoms with E-state index in [0.717, 1.165) is 4.47 Å². The average molecular weight is 497 g/mol. The van der Waals surface area contributed by atoms with Gasteiger partial charge in [0.1, 0.15) is 13.2 Å². The third kappa shape index (κ3) is 3.99. The van der Waals surface area contributed by atoms with Gasteiger partial charge in [-0.3, -0.25) is 4.79 Å². The Morgan fingerprint density at radius 2 is 1.70 bits per heavy atom. The van der Waals surface area contributed by atoms with Gasteiger partial charge in [0.05, 0.1) is 12.0 Å². The lowest BCUT2D eigenvalue weighted by molar-refractivity contribution is 0.0696. The number of amides is 1. The van der Waals surface area contributed by atoms with Gasteiger partial charge in [-0.15, -0.1) is 0 Å². The van der Waals surface area contributed by atoms with E-state index >= 15 is 0 Å². The highest BCUT2D eigenvalue weighted by molar-refractivity contribution is 9.10. The number of carbonyl (C=O) groups is 1. The predicted octanol–water partition coefficient (Wildman–Crippen LogP) is 2.38. The Labute approximate surface area is 183 Å². The highest BCUT2D eigenvalue weighted by Gasteiger charge is 2.31. The third-order valence-electron chi connectivity index (χ3n) is 5.05. The Bertz CT molecular complexity index is 1030. The maximum absolute atomic E-state index is 13.0. The lowest BCUT2D eigenvalue weighted by Gasteiger charge is -2.34. The summed E-state index contributed by atoms with van der Waals surface area (Å²) in [5.41, 5.74) is 0.417. The fraction of sp³-hybridized carbons (Fsp3) is 0.350. The first-order chi connectivity index (χ1) is 14.4. The summed E-state index contributed by atoms with van der Waals surface area (Å²) in [6.45, 7) is 1.88. The number of halogens is 1. The van der Waals surface area contributed by atoms with Crippen LogP contribution >= 0.6 is 15.9 Å². The van der Waals surface area contributed by atoms with Crippen molar-refractivity contribution in [1.29, 1.82) is 0 Å². The number of hydrogen-bond donors (Lipinski definition) is 0. The minimum atomic E-state index is -3.60. The van der Waals surface area contributed by atoms with Crippen molar-refractivity contribution < 1.29 is 27.4 Å². The van der Waals surface area contributed by atoms with Crippen LogP contribution in [0.15, 0.2) is 45.8 Å².